The van der Waals surface area contributed by atoms with Crippen molar-refractivity contribution in [3.05, 3.63) is 35.7 Å². The summed E-state index contributed by atoms with van der Waals surface area (Å²) in [5, 5.41) is 7.25. The fourth-order valence-corrected chi connectivity index (χ4v) is 1.58. The molecule has 0 radical (unpaired) electrons. The van der Waals surface area contributed by atoms with Crippen LogP contribution in [0, 0.1) is 6.92 Å². The van der Waals surface area contributed by atoms with Crippen molar-refractivity contribution in [2.75, 3.05) is 0 Å². The second kappa shape index (κ2) is 5.14. The summed E-state index contributed by atoms with van der Waals surface area (Å²) in [7, 11) is 0. The van der Waals surface area contributed by atoms with Crippen molar-refractivity contribution in [3.63, 3.8) is 0 Å². The summed E-state index contributed by atoms with van der Waals surface area (Å²) in [5.41, 5.74) is 1.26. The van der Waals surface area contributed by atoms with Crippen LogP contribution < -0.4 is 5.32 Å². The monoisotopic (exact) mass is 234 g/mol. The second-order valence-electron chi connectivity index (χ2n) is 4.46. The van der Waals surface area contributed by atoms with Crippen LogP contribution in [0.3, 0.4) is 0 Å². The molecule has 2 aromatic heterocycles. The third-order valence-corrected chi connectivity index (χ3v) is 2.42. The summed E-state index contributed by atoms with van der Waals surface area (Å²) < 4.78 is 6.99. The van der Waals surface area contributed by atoms with E-state index in [1.807, 2.05) is 6.20 Å². The average Bonchev–Trinajstić information content (AvgIpc) is 2.86. The molecule has 0 bridgehead atoms. The lowest BCUT2D eigenvalue weighted by atomic mass is 10.3. The van der Waals surface area contributed by atoms with E-state index in [4.69, 9.17) is 4.52 Å². The van der Waals surface area contributed by atoms with Gasteiger partial charge in [0.05, 0.1) is 6.54 Å². The first-order valence-corrected chi connectivity index (χ1v) is 5.80. The topological polar surface area (TPSA) is 55.9 Å². The van der Waals surface area contributed by atoms with Crippen LogP contribution in [-0.4, -0.2) is 20.7 Å². The largest absolute Gasteiger partial charge is 0.346 e. The van der Waals surface area contributed by atoms with Gasteiger partial charge < -0.3 is 14.4 Å². The lowest BCUT2D eigenvalue weighted by Gasteiger charge is -2.05. The van der Waals surface area contributed by atoms with Gasteiger partial charge in [0.25, 0.3) is 0 Å². The van der Waals surface area contributed by atoms with Crippen LogP contribution in [0.15, 0.2) is 23.0 Å². The molecule has 2 aromatic rings. The maximum atomic E-state index is 4.94. The van der Waals surface area contributed by atoms with Crippen molar-refractivity contribution in [1.29, 1.82) is 0 Å². The molecule has 0 fully saturated rings. The molecule has 5 nitrogen and oxygen atoms in total. The zero-order valence-corrected chi connectivity index (χ0v) is 10.5. The van der Waals surface area contributed by atoms with E-state index in [9.17, 15) is 0 Å². The van der Waals surface area contributed by atoms with Crippen LogP contribution >= 0.6 is 0 Å². The van der Waals surface area contributed by atoms with Gasteiger partial charge in [-0.2, -0.15) is 4.98 Å². The third-order valence-electron chi connectivity index (χ3n) is 2.42. The molecular formula is C12H18N4O. The molecule has 0 aliphatic rings. The lowest BCUT2D eigenvalue weighted by molar-refractivity contribution is 0.386. The van der Waals surface area contributed by atoms with Gasteiger partial charge in [-0.1, -0.05) is 19.0 Å². The minimum atomic E-state index is 0.498. The highest BCUT2D eigenvalue weighted by molar-refractivity contribution is 5.11. The van der Waals surface area contributed by atoms with Crippen LogP contribution in [0.4, 0.5) is 0 Å². The summed E-state index contributed by atoms with van der Waals surface area (Å²) in [6.45, 7) is 7.61. The molecule has 0 aromatic carbocycles. The Kier molecular flexibility index (Phi) is 3.58. The summed E-state index contributed by atoms with van der Waals surface area (Å²) in [6, 6.07) is 2.60. The van der Waals surface area contributed by atoms with Crippen molar-refractivity contribution in [2.24, 2.45) is 0 Å². The van der Waals surface area contributed by atoms with Crippen molar-refractivity contribution in [3.8, 4) is 0 Å². The molecule has 0 unspecified atom stereocenters. The fraction of sp³-hybridized carbons (Fsp3) is 0.500. The van der Waals surface area contributed by atoms with E-state index < -0.39 is 0 Å². The number of aryl methyl sites for hydroxylation is 1. The number of hydrogen-bond donors (Lipinski definition) is 1. The standard InChI is InChI=1S/C12H18N4O/c1-9(2)13-6-11-4-5-16(7-11)8-12-14-10(3)17-15-12/h4-5,7,9,13H,6,8H2,1-3H3. The van der Waals surface area contributed by atoms with Gasteiger partial charge in [0, 0.05) is 31.9 Å². The summed E-state index contributed by atoms with van der Waals surface area (Å²) in [5.74, 6) is 1.32. The van der Waals surface area contributed by atoms with E-state index in [0.29, 0.717) is 24.3 Å². The number of aromatic nitrogens is 3. The highest BCUT2D eigenvalue weighted by Crippen LogP contribution is 2.04. The van der Waals surface area contributed by atoms with Crippen LogP contribution in [0.1, 0.15) is 31.1 Å². The Labute approximate surface area is 101 Å². The molecular weight excluding hydrogens is 216 g/mol. The maximum Gasteiger partial charge on any atom is 0.223 e. The first-order valence-electron chi connectivity index (χ1n) is 5.80. The molecule has 1 N–H and O–H groups in total. The Hall–Kier alpha value is -1.62. The molecule has 5 heteroatoms. The average molecular weight is 234 g/mol. The van der Waals surface area contributed by atoms with Gasteiger partial charge >= 0.3 is 0 Å². The van der Waals surface area contributed by atoms with Gasteiger partial charge in [-0.3, -0.25) is 0 Å². The summed E-state index contributed by atoms with van der Waals surface area (Å²) in [4.78, 5) is 4.18. The van der Waals surface area contributed by atoms with E-state index in [1.54, 1.807) is 6.92 Å². The fourth-order valence-electron chi connectivity index (χ4n) is 1.58. The van der Waals surface area contributed by atoms with Crippen LogP contribution in [0.25, 0.3) is 0 Å². The molecule has 0 aliphatic carbocycles. The van der Waals surface area contributed by atoms with Gasteiger partial charge in [0.15, 0.2) is 5.82 Å². The molecule has 0 aliphatic heterocycles. The third kappa shape index (κ3) is 3.42. The molecule has 2 heterocycles. The van der Waals surface area contributed by atoms with Gasteiger partial charge in [0.2, 0.25) is 5.89 Å². The van der Waals surface area contributed by atoms with Crippen LogP contribution in [0.5, 0.6) is 0 Å². The van der Waals surface area contributed by atoms with E-state index in [1.165, 1.54) is 5.56 Å². The van der Waals surface area contributed by atoms with Crippen molar-refractivity contribution in [1.82, 2.24) is 20.0 Å². The number of hydrogen-bond acceptors (Lipinski definition) is 4. The molecule has 0 amide bonds. The van der Waals surface area contributed by atoms with Crippen molar-refractivity contribution >= 4 is 0 Å². The van der Waals surface area contributed by atoms with Gasteiger partial charge in [-0.15, -0.1) is 0 Å². The zero-order valence-electron chi connectivity index (χ0n) is 10.5. The Morgan fingerprint density at radius 2 is 2.29 bits per heavy atom. The Morgan fingerprint density at radius 3 is 2.94 bits per heavy atom. The SMILES string of the molecule is Cc1nc(Cn2ccc(CNC(C)C)c2)no1. The minimum Gasteiger partial charge on any atom is -0.346 e. The predicted octanol–water partition coefficient (Wildman–Crippen LogP) is 1.73. The van der Waals surface area contributed by atoms with E-state index >= 15 is 0 Å². The lowest BCUT2D eigenvalue weighted by Crippen LogP contribution is -2.21. The molecule has 2 rings (SSSR count). The van der Waals surface area contributed by atoms with Crippen molar-refractivity contribution in [2.45, 2.75) is 39.9 Å². The first-order chi connectivity index (χ1) is 8.13. The van der Waals surface area contributed by atoms with E-state index in [0.717, 1.165) is 6.54 Å². The Morgan fingerprint density at radius 1 is 1.47 bits per heavy atom. The first kappa shape index (κ1) is 11.9. The maximum absolute atomic E-state index is 4.94. The Bertz CT molecular complexity index is 472. The smallest absolute Gasteiger partial charge is 0.223 e. The predicted molar refractivity (Wildman–Crippen MR) is 64.5 cm³/mol. The molecule has 0 spiro atoms. The van der Waals surface area contributed by atoms with Gasteiger partial charge in [0.1, 0.15) is 0 Å². The van der Waals surface area contributed by atoms with E-state index in [2.05, 4.69) is 46.1 Å². The molecule has 92 valence electrons. The summed E-state index contributed by atoms with van der Waals surface area (Å²) in [6.07, 6.45) is 4.13. The van der Waals surface area contributed by atoms with E-state index in [-0.39, 0.29) is 0 Å². The zero-order chi connectivity index (χ0) is 12.3. The van der Waals surface area contributed by atoms with Crippen molar-refractivity contribution < 1.29 is 4.52 Å². The highest BCUT2D eigenvalue weighted by Gasteiger charge is 2.04. The Balaban J connectivity index is 1.94. The summed E-state index contributed by atoms with van der Waals surface area (Å²) >= 11 is 0. The number of rotatable bonds is 5. The van der Waals surface area contributed by atoms with Gasteiger partial charge in [-0.25, -0.2) is 0 Å². The van der Waals surface area contributed by atoms with Gasteiger partial charge in [-0.05, 0) is 11.6 Å². The molecule has 0 saturated heterocycles. The molecule has 17 heavy (non-hydrogen) atoms. The van der Waals surface area contributed by atoms with Crippen LogP contribution in [0.2, 0.25) is 0 Å². The second-order valence-corrected chi connectivity index (χ2v) is 4.46. The quantitative estimate of drug-likeness (QED) is 0.856. The normalized spacial score (nSPS) is 11.3. The minimum absolute atomic E-state index is 0.498. The number of nitrogens with one attached hydrogen (secondary N) is 1. The molecule has 0 saturated carbocycles. The highest BCUT2D eigenvalue weighted by atomic mass is 16.5. The van der Waals surface area contributed by atoms with Crippen LogP contribution in [-0.2, 0) is 13.1 Å². The number of nitrogens with zero attached hydrogens (tertiary/aromatic N) is 3. The molecule has 0 atom stereocenters.